The van der Waals surface area contributed by atoms with Gasteiger partial charge in [-0.25, -0.2) is 0 Å². The summed E-state index contributed by atoms with van der Waals surface area (Å²) in [7, 11) is -6.63. The van der Waals surface area contributed by atoms with Gasteiger partial charge in [0.1, 0.15) is 0 Å². The van der Waals surface area contributed by atoms with Crippen LogP contribution >= 0.6 is 31.9 Å². The van der Waals surface area contributed by atoms with Crippen molar-refractivity contribution < 1.29 is 50.3 Å². The van der Waals surface area contributed by atoms with Gasteiger partial charge < -0.3 is 20.3 Å². The van der Waals surface area contributed by atoms with Crippen LogP contribution in [0, 0.1) is 0 Å². The quantitative estimate of drug-likeness (QED) is 0.101. The van der Waals surface area contributed by atoms with Crippen molar-refractivity contribution in [1.82, 2.24) is 0 Å². The Morgan fingerprint density at radius 2 is 0.524 bits per heavy atom. The Balaban J connectivity index is 0.000000180. The first kappa shape index (κ1) is 75.8. The maximum atomic E-state index is 9.22. The Labute approximate surface area is 638 Å². The molecule has 14 aromatic rings. The predicted molar refractivity (Wildman–Crippen MR) is 437 cm³/mol. The van der Waals surface area contributed by atoms with Crippen molar-refractivity contribution in [1.29, 1.82) is 0 Å². The number of rotatable bonds is 10. The van der Waals surface area contributed by atoms with Gasteiger partial charge in [0.05, 0.1) is 0 Å². The normalized spacial score (nSPS) is 12.1. The molecule has 0 saturated carbocycles. The summed E-state index contributed by atoms with van der Waals surface area (Å²) in [4.78, 5) is 18.0. The molecule has 0 aromatic heterocycles. The minimum Gasteiger partial charge on any atom is -0.481 e. The van der Waals surface area contributed by atoms with E-state index < -0.39 is 35.2 Å². The second-order valence-electron chi connectivity index (χ2n) is 24.9. The van der Waals surface area contributed by atoms with Crippen LogP contribution in [0.3, 0.4) is 0 Å². The van der Waals surface area contributed by atoms with E-state index in [1.165, 1.54) is 108 Å². The molecule has 0 fully saturated rings. The summed E-state index contributed by atoms with van der Waals surface area (Å²) < 4.78 is 2.29. The van der Waals surface area contributed by atoms with Gasteiger partial charge in [-0.1, -0.05) is 366 Å². The number of fused-ring (bicyclic) bond motifs is 4. The van der Waals surface area contributed by atoms with Crippen LogP contribution in [-0.2, 0) is 42.9 Å². The van der Waals surface area contributed by atoms with Gasteiger partial charge in [0.25, 0.3) is 11.9 Å². The first-order valence-electron chi connectivity index (χ1n) is 33.5. The zero-order valence-electron chi connectivity index (χ0n) is 56.8. The number of hydrogen-bond donors (Lipinski definition) is 4. The second-order valence-corrected chi connectivity index (χ2v) is 34.1. The fourth-order valence-electron chi connectivity index (χ4n) is 14.4. The number of halogens is 2. The molecule has 2 aliphatic heterocycles. The number of carboxylic acid groups (broad SMARTS) is 2. The third kappa shape index (κ3) is 16.8. The molecule has 13 heteroatoms. The molecule has 0 spiro atoms. The van der Waals surface area contributed by atoms with E-state index in [1.54, 1.807) is 12.1 Å². The van der Waals surface area contributed by atoms with Gasteiger partial charge in [0.2, 0.25) is 0 Å². The summed E-state index contributed by atoms with van der Waals surface area (Å²) in [6.07, 6.45) is 1.90. The Hall–Kier alpha value is -9.87. The van der Waals surface area contributed by atoms with E-state index in [4.69, 9.17) is 19.8 Å². The first-order chi connectivity index (χ1) is 49.2. The van der Waals surface area contributed by atoms with Gasteiger partial charge in [-0.2, -0.15) is 0 Å². The molecule has 0 saturated heterocycles. The van der Waals surface area contributed by atoms with Crippen molar-refractivity contribution in [2.75, 3.05) is 0 Å². The summed E-state index contributed by atoms with van der Waals surface area (Å²) >= 11 is 7.51. The van der Waals surface area contributed by atoms with Gasteiger partial charge in [0.15, 0.2) is 16.1 Å². The van der Waals surface area contributed by atoms with Crippen LogP contribution < -0.4 is 47.0 Å². The molecule has 0 bridgehead atoms. The number of benzene rings is 14. The zero-order valence-corrected chi connectivity index (χ0v) is 63.5. The number of hydrogen-bond acceptors (Lipinski definition) is 4. The molecule has 0 aliphatic carbocycles. The van der Waals surface area contributed by atoms with Gasteiger partial charge in [-0.05, 0) is 162 Å². The van der Waals surface area contributed by atoms with Crippen molar-refractivity contribution in [2.24, 2.45) is 0 Å². The molecule has 6 nitrogen and oxygen atoms in total. The maximum absolute atomic E-state index is 9.22. The van der Waals surface area contributed by atoms with E-state index >= 15 is 0 Å². The standard InChI is InChI=1S/C49H36Si.C25H18Br2Si.C12H11BO2.2C2H4O2.B.Pd/c1-5-17-36(18-6-1)44-25-13-15-27-46(44)38-29-31-40-33-41-32-30-39(47-28-16-14-26-45(47)37-19-7-2-8-20-37)35-49(41)50(48(40)34-38,42-21-9-3-10-22-42)43-23-11-4-12-24-43;26-20-13-11-18-15-19-12-14-21(27)17-25(19)28(24(18)16-20,22-7-3-1-4-8-22)23-9-5-2-6-10-23;14-13(15)12-9-5-4-8-11(12)10-6-2-1-3-7-10;2*1-2(3)4;;/h1-32,34-35H,33H2;1-14,16-17H,15H2;1-9,14-15H;2*1H3,(H,3,4);;. The van der Waals surface area contributed by atoms with Crippen LogP contribution in [0.1, 0.15) is 36.1 Å². The van der Waals surface area contributed by atoms with E-state index in [-0.39, 0.29) is 28.8 Å². The van der Waals surface area contributed by atoms with Crippen molar-refractivity contribution in [3.63, 3.8) is 0 Å². The Bertz CT molecular complexity index is 4880. The van der Waals surface area contributed by atoms with Gasteiger partial charge >= 0.3 is 7.12 Å². The number of carboxylic acids is 2. The van der Waals surface area contributed by atoms with Crippen LogP contribution in [0.5, 0.6) is 0 Å². The topological polar surface area (TPSA) is 115 Å². The van der Waals surface area contributed by atoms with Crippen LogP contribution in [0.4, 0.5) is 0 Å². The smallest absolute Gasteiger partial charge is 0.481 e. The first-order valence-corrected chi connectivity index (χ1v) is 39.1. The van der Waals surface area contributed by atoms with Crippen LogP contribution in [0.2, 0.25) is 0 Å². The van der Waals surface area contributed by atoms with E-state index in [1.807, 2.05) is 42.5 Å². The third-order valence-corrected chi connectivity index (χ3v) is 29.4. The summed E-state index contributed by atoms with van der Waals surface area (Å²) in [5, 5.41) is 44.9. The maximum Gasteiger partial charge on any atom is 0.489 e. The van der Waals surface area contributed by atoms with E-state index in [2.05, 4.69) is 335 Å². The average molecular weight is 1590 g/mol. The summed E-state index contributed by atoms with van der Waals surface area (Å²) in [5.41, 5.74) is 18.2. The number of aliphatic carboxylic acids is 2. The molecule has 0 amide bonds. The average Bonchev–Trinajstić information content (AvgIpc) is 0.709. The van der Waals surface area contributed by atoms with E-state index in [9.17, 15) is 10.0 Å². The number of carbonyl (C=O) groups is 2. The van der Waals surface area contributed by atoms with Gasteiger partial charge in [-0.3, -0.25) is 9.59 Å². The van der Waals surface area contributed by atoms with E-state index in [0.717, 1.165) is 46.8 Å². The van der Waals surface area contributed by atoms with Gasteiger partial charge in [-0.15, -0.1) is 0 Å². The fourth-order valence-corrected chi connectivity index (χ4v) is 26.2. The summed E-state index contributed by atoms with van der Waals surface area (Å²) in [6, 6.07) is 130. The van der Waals surface area contributed by atoms with Crippen molar-refractivity contribution >= 4 is 122 Å². The molecule has 2 heterocycles. The Morgan fingerprint density at radius 1 is 0.301 bits per heavy atom. The van der Waals surface area contributed by atoms with Crippen molar-refractivity contribution in [3.8, 4) is 55.6 Å². The largest absolute Gasteiger partial charge is 0.489 e. The minimum absolute atomic E-state index is 0. The molecule has 4 N–H and O–H groups in total. The van der Waals surface area contributed by atoms with Crippen LogP contribution in [0.15, 0.2) is 367 Å². The molecule has 3 radical (unpaired) electrons. The Morgan fingerprint density at radius 3 is 0.816 bits per heavy atom. The van der Waals surface area contributed by atoms with Crippen molar-refractivity contribution in [3.05, 3.63) is 389 Å². The zero-order chi connectivity index (χ0) is 70.3. The fraction of sp³-hybridized carbons (Fsp3) is 0.0444. The van der Waals surface area contributed by atoms with Crippen LogP contribution in [0.25, 0.3) is 55.6 Å². The molecule has 14 aromatic carbocycles. The van der Waals surface area contributed by atoms with Crippen LogP contribution in [-0.4, -0.2) is 63.9 Å². The monoisotopic (exact) mass is 1590 g/mol. The Kier molecular flexibility index (Phi) is 26.0. The molecule has 0 atom stereocenters. The summed E-state index contributed by atoms with van der Waals surface area (Å²) in [5.74, 6) is -1.67. The minimum atomic E-state index is -2.80. The summed E-state index contributed by atoms with van der Waals surface area (Å²) in [6.45, 7) is 2.17. The third-order valence-electron chi connectivity index (χ3n) is 18.5. The molecule has 0 unspecified atom stereocenters. The molecule has 507 valence electrons. The van der Waals surface area contributed by atoms with Gasteiger partial charge in [0, 0.05) is 51.6 Å². The molecule has 103 heavy (non-hydrogen) atoms. The SMILES string of the molecule is Brc1ccc2c(c1)[Si](c1ccccc1)(c1ccccc1)c1cc(Br)ccc1C2.CC(=O)O.CC(=O)O.OB(O)c1ccccc1-c1ccccc1.[B].[Pd].c1ccc(-c2ccccc2-c2ccc3c(c2)[Si](c2ccccc2)(c2ccccc2)c2cc(-c4ccccc4-c4ccccc4)ccc2C3)cc1. The molecule has 16 rings (SSSR count). The van der Waals surface area contributed by atoms with E-state index in [0.29, 0.717) is 5.46 Å². The molecular formula is C90H73B2Br2O6PdSi2. The molecular weight excluding hydrogens is 1520 g/mol. The predicted octanol–water partition coefficient (Wildman–Crippen LogP) is 15.0. The van der Waals surface area contributed by atoms with Crippen molar-refractivity contribution in [2.45, 2.75) is 26.7 Å². The molecule has 2 aliphatic rings. The second kappa shape index (κ2) is 35.3.